The summed E-state index contributed by atoms with van der Waals surface area (Å²) in [7, 11) is 0. The molecular formula is C53H32N2. The molecule has 2 aliphatic carbocycles. The second-order valence-corrected chi connectivity index (χ2v) is 14.8. The van der Waals surface area contributed by atoms with Crippen LogP contribution in [0.25, 0.3) is 88.5 Å². The standard InChI is InChI=1S/C53H32N2/c1-2-13-35(14-3-1)51-45-18-8-11-21-48(45)54-52(55-51)36-24-22-33(23-25-36)37-27-29-40-38(32-37)28-31-44-43-30-26-34-12-4-5-15-39(34)49(43)53(50(40)44)46-19-9-6-16-41(46)42-17-7-10-20-47(42)53/h1-32H. The third kappa shape index (κ3) is 4.19. The Morgan fingerprint density at radius 3 is 1.64 bits per heavy atom. The monoisotopic (exact) mass is 696 g/mol. The maximum atomic E-state index is 5.11. The molecule has 0 unspecified atom stereocenters. The van der Waals surface area contributed by atoms with Gasteiger partial charge >= 0.3 is 0 Å². The van der Waals surface area contributed by atoms with E-state index in [1.165, 1.54) is 71.6 Å². The first-order chi connectivity index (χ1) is 27.3. The predicted molar refractivity (Wildman–Crippen MR) is 227 cm³/mol. The van der Waals surface area contributed by atoms with E-state index in [1.54, 1.807) is 0 Å². The first-order valence-corrected chi connectivity index (χ1v) is 19.0. The molecule has 0 radical (unpaired) electrons. The van der Waals surface area contributed by atoms with Crippen molar-refractivity contribution in [3.05, 3.63) is 216 Å². The van der Waals surface area contributed by atoms with Crippen LogP contribution in [-0.4, -0.2) is 9.97 Å². The molecule has 0 N–H and O–H groups in total. The Balaban J connectivity index is 1.02. The molecule has 1 aromatic heterocycles. The molecule has 0 bridgehead atoms. The van der Waals surface area contributed by atoms with Crippen LogP contribution in [0.2, 0.25) is 0 Å². The van der Waals surface area contributed by atoms with Crippen LogP contribution in [-0.2, 0) is 5.41 Å². The average molecular weight is 697 g/mol. The minimum absolute atomic E-state index is 0.431. The molecule has 10 aromatic rings. The van der Waals surface area contributed by atoms with Gasteiger partial charge in [-0.25, -0.2) is 9.97 Å². The largest absolute Gasteiger partial charge is 0.228 e. The third-order valence-electron chi connectivity index (χ3n) is 12.1. The van der Waals surface area contributed by atoms with Gasteiger partial charge in [-0.3, -0.25) is 0 Å². The van der Waals surface area contributed by atoms with Gasteiger partial charge in [-0.2, -0.15) is 0 Å². The van der Waals surface area contributed by atoms with Crippen molar-refractivity contribution >= 4 is 32.4 Å². The predicted octanol–water partition coefficient (Wildman–Crippen LogP) is 13.3. The number of fused-ring (bicyclic) bond motifs is 15. The second-order valence-electron chi connectivity index (χ2n) is 14.8. The first kappa shape index (κ1) is 30.3. The van der Waals surface area contributed by atoms with Crippen molar-refractivity contribution in [1.82, 2.24) is 9.97 Å². The number of para-hydroxylation sites is 1. The number of rotatable bonds is 3. The van der Waals surface area contributed by atoms with Crippen LogP contribution < -0.4 is 0 Å². The molecule has 2 aliphatic rings. The van der Waals surface area contributed by atoms with Crippen LogP contribution >= 0.6 is 0 Å². The summed E-state index contributed by atoms with van der Waals surface area (Å²) in [5.41, 5.74) is 16.7. The molecule has 0 atom stereocenters. The van der Waals surface area contributed by atoms with Gasteiger partial charge in [-0.15, -0.1) is 0 Å². The first-order valence-electron chi connectivity index (χ1n) is 19.0. The van der Waals surface area contributed by atoms with Gasteiger partial charge in [0.15, 0.2) is 5.82 Å². The summed E-state index contributed by atoms with van der Waals surface area (Å²) in [6.45, 7) is 0. The van der Waals surface area contributed by atoms with Gasteiger partial charge in [0.1, 0.15) is 0 Å². The number of nitrogens with zero attached hydrogens (tertiary/aromatic N) is 2. The molecule has 2 heteroatoms. The lowest BCUT2D eigenvalue weighted by molar-refractivity contribution is 0.809. The van der Waals surface area contributed by atoms with Crippen molar-refractivity contribution in [2.45, 2.75) is 5.41 Å². The SMILES string of the molecule is c1ccc(-c2nc(-c3ccc(-c4ccc5c6c(ccc5c4)-c4ccc5ccccc5c4C64c5ccccc5-c5ccccc54)cc3)nc3ccccc23)cc1. The van der Waals surface area contributed by atoms with Crippen molar-refractivity contribution < 1.29 is 0 Å². The Kier molecular flexibility index (Phi) is 6.29. The highest BCUT2D eigenvalue weighted by molar-refractivity contribution is 6.09. The fourth-order valence-electron chi connectivity index (χ4n) is 9.77. The van der Waals surface area contributed by atoms with E-state index in [0.717, 1.165) is 39.1 Å². The van der Waals surface area contributed by atoms with Crippen LogP contribution in [0.4, 0.5) is 0 Å². The number of benzene rings is 9. The summed E-state index contributed by atoms with van der Waals surface area (Å²) < 4.78 is 0. The van der Waals surface area contributed by atoms with Crippen molar-refractivity contribution in [1.29, 1.82) is 0 Å². The highest BCUT2D eigenvalue weighted by Crippen LogP contribution is 2.65. The Labute approximate surface area is 319 Å². The summed E-state index contributed by atoms with van der Waals surface area (Å²) in [5.74, 6) is 0.729. The lowest BCUT2D eigenvalue weighted by atomic mass is 9.68. The van der Waals surface area contributed by atoms with Crippen LogP contribution in [0, 0.1) is 0 Å². The topological polar surface area (TPSA) is 25.8 Å². The van der Waals surface area contributed by atoms with E-state index in [0.29, 0.717) is 0 Å². The van der Waals surface area contributed by atoms with Crippen LogP contribution in [0.3, 0.4) is 0 Å². The van der Waals surface area contributed by atoms with E-state index < -0.39 is 5.41 Å². The van der Waals surface area contributed by atoms with Crippen molar-refractivity contribution in [3.8, 4) is 56.0 Å². The quantitative estimate of drug-likeness (QED) is 0.184. The fraction of sp³-hybridized carbons (Fsp3) is 0.0189. The van der Waals surface area contributed by atoms with E-state index in [2.05, 4.69) is 182 Å². The van der Waals surface area contributed by atoms with Crippen LogP contribution in [0.1, 0.15) is 22.3 Å². The summed E-state index contributed by atoms with van der Waals surface area (Å²) in [5, 5.41) is 6.18. The van der Waals surface area contributed by atoms with E-state index in [4.69, 9.17) is 9.97 Å². The lowest BCUT2D eigenvalue weighted by Crippen LogP contribution is -2.26. The molecular weight excluding hydrogens is 665 g/mol. The van der Waals surface area contributed by atoms with Crippen molar-refractivity contribution in [3.63, 3.8) is 0 Å². The molecule has 2 nitrogen and oxygen atoms in total. The molecule has 0 fully saturated rings. The third-order valence-corrected chi connectivity index (χ3v) is 12.1. The number of aromatic nitrogens is 2. The van der Waals surface area contributed by atoms with Gasteiger partial charge < -0.3 is 0 Å². The molecule has 1 spiro atoms. The zero-order valence-electron chi connectivity index (χ0n) is 29.9. The number of hydrogen-bond donors (Lipinski definition) is 0. The molecule has 0 amide bonds. The lowest BCUT2D eigenvalue weighted by Gasteiger charge is -2.32. The highest BCUT2D eigenvalue weighted by atomic mass is 14.9. The van der Waals surface area contributed by atoms with E-state index in [-0.39, 0.29) is 0 Å². The Hall–Kier alpha value is -7.16. The normalized spacial score (nSPS) is 13.2. The summed E-state index contributed by atoms with van der Waals surface area (Å²) >= 11 is 0. The maximum absolute atomic E-state index is 5.11. The van der Waals surface area contributed by atoms with Gasteiger partial charge in [0.05, 0.1) is 16.6 Å². The Morgan fingerprint density at radius 1 is 0.327 bits per heavy atom. The summed E-state index contributed by atoms with van der Waals surface area (Å²) in [4.78, 5) is 10.1. The van der Waals surface area contributed by atoms with Gasteiger partial charge in [0.25, 0.3) is 0 Å². The van der Waals surface area contributed by atoms with Crippen molar-refractivity contribution in [2.24, 2.45) is 0 Å². The summed E-state index contributed by atoms with van der Waals surface area (Å²) in [6, 6.07) is 70.9. The average Bonchev–Trinajstić information content (AvgIpc) is 3.74. The van der Waals surface area contributed by atoms with E-state index in [1.807, 2.05) is 12.1 Å². The number of hydrogen-bond acceptors (Lipinski definition) is 2. The Morgan fingerprint density at radius 2 is 0.891 bits per heavy atom. The van der Waals surface area contributed by atoms with Crippen LogP contribution in [0.5, 0.6) is 0 Å². The minimum atomic E-state index is -0.431. The minimum Gasteiger partial charge on any atom is -0.228 e. The Bertz CT molecular complexity index is 3150. The fourth-order valence-corrected chi connectivity index (χ4v) is 9.77. The second kappa shape index (κ2) is 11.4. The molecule has 9 aromatic carbocycles. The molecule has 12 rings (SSSR count). The zero-order valence-corrected chi connectivity index (χ0v) is 29.9. The molecule has 254 valence electrons. The smallest absolute Gasteiger partial charge is 0.160 e. The summed E-state index contributed by atoms with van der Waals surface area (Å²) in [6.07, 6.45) is 0. The highest BCUT2D eigenvalue weighted by Gasteiger charge is 2.53. The molecule has 0 saturated carbocycles. The molecule has 55 heavy (non-hydrogen) atoms. The van der Waals surface area contributed by atoms with E-state index in [9.17, 15) is 0 Å². The van der Waals surface area contributed by atoms with Crippen molar-refractivity contribution in [2.75, 3.05) is 0 Å². The van der Waals surface area contributed by atoms with Gasteiger partial charge in [-0.05, 0) is 89.3 Å². The van der Waals surface area contributed by atoms with Gasteiger partial charge in [-0.1, -0.05) is 182 Å². The van der Waals surface area contributed by atoms with Crippen LogP contribution in [0.15, 0.2) is 194 Å². The molecule has 0 saturated heterocycles. The van der Waals surface area contributed by atoms with Gasteiger partial charge in [0, 0.05) is 16.5 Å². The van der Waals surface area contributed by atoms with E-state index >= 15 is 0 Å². The zero-order chi connectivity index (χ0) is 36.1. The molecule has 1 heterocycles. The van der Waals surface area contributed by atoms with Gasteiger partial charge in [0.2, 0.25) is 0 Å². The maximum Gasteiger partial charge on any atom is 0.160 e. The molecule has 0 aliphatic heterocycles.